The third-order valence-corrected chi connectivity index (χ3v) is 3.36. The number of benzene rings is 1. The fourth-order valence-electron chi connectivity index (χ4n) is 2.36. The molecule has 0 spiro atoms. The molecule has 0 unspecified atom stereocenters. The number of nitrogens with one attached hydrogen (secondary N) is 1. The minimum absolute atomic E-state index is 0.820. The molecule has 1 aromatic carbocycles. The number of hydrogen-bond acceptors (Lipinski definition) is 4. The van der Waals surface area contributed by atoms with Crippen LogP contribution in [0.15, 0.2) is 24.3 Å². The zero-order valence-corrected chi connectivity index (χ0v) is 10.5. The van der Waals surface area contributed by atoms with Crippen LogP contribution in [0, 0.1) is 0 Å². The molecule has 0 atom stereocenters. The van der Waals surface area contributed by atoms with Crippen LogP contribution in [-0.2, 0) is 12.8 Å². The standard InChI is InChI=1S/C14H15N3O/c1-15-13-7-10-4-3-9-5-6-11(18-2)8-12(9)14(10)17-16-13/h5-8H,3-4H2,1-2H3,(H,15,16). The second-order valence-corrected chi connectivity index (χ2v) is 4.38. The average Bonchev–Trinajstić information content (AvgIpc) is 2.45. The van der Waals surface area contributed by atoms with Crippen molar-refractivity contribution in [1.82, 2.24) is 10.2 Å². The number of anilines is 1. The number of methoxy groups -OCH3 is 1. The molecule has 0 fully saturated rings. The summed E-state index contributed by atoms with van der Waals surface area (Å²) >= 11 is 0. The van der Waals surface area contributed by atoms with Crippen LogP contribution >= 0.6 is 0 Å². The van der Waals surface area contributed by atoms with Gasteiger partial charge in [0.15, 0.2) is 0 Å². The maximum Gasteiger partial charge on any atom is 0.148 e. The van der Waals surface area contributed by atoms with Gasteiger partial charge in [-0.15, -0.1) is 10.2 Å². The van der Waals surface area contributed by atoms with Gasteiger partial charge in [-0.05, 0) is 42.2 Å². The maximum atomic E-state index is 5.28. The van der Waals surface area contributed by atoms with E-state index in [0.717, 1.165) is 35.7 Å². The molecule has 0 saturated carbocycles. The Hall–Kier alpha value is -2.10. The summed E-state index contributed by atoms with van der Waals surface area (Å²) in [6.45, 7) is 0. The Morgan fingerprint density at radius 1 is 1.11 bits per heavy atom. The third-order valence-electron chi connectivity index (χ3n) is 3.36. The van der Waals surface area contributed by atoms with Gasteiger partial charge in [0.1, 0.15) is 11.6 Å². The minimum Gasteiger partial charge on any atom is -0.497 e. The molecular formula is C14H15N3O. The molecule has 3 rings (SSSR count). The van der Waals surface area contributed by atoms with Crippen LogP contribution < -0.4 is 10.1 Å². The maximum absolute atomic E-state index is 5.28. The summed E-state index contributed by atoms with van der Waals surface area (Å²) < 4.78 is 5.28. The average molecular weight is 241 g/mol. The molecule has 4 heteroatoms. The van der Waals surface area contributed by atoms with Crippen LogP contribution in [0.3, 0.4) is 0 Å². The molecule has 92 valence electrons. The first kappa shape index (κ1) is 11.0. The molecule has 0 saturated heterocycles. The summed E-state index contributed by atoms with van der Waals surface area (Å²) in [5, 5.41) is 11.5. The van der Waals surface area contributed by atoms with Gasteiger partial charge in [-0.3, -0.25) is 0 Å². The molecule has 4 nitrogen and oxygen atoms in total. The van der Waals surface area contributed by atoms with Crippen molar-refractivity contribution in [1.29, 1.82) is 0 Å². The molecule has 1 N–H and O–H groups in total. The van der Waals surface area contributed by atoms with Gasteiger partial charge in [0.05, 0.1) is 12.8 Å². The van der Waals surface area contributed by atoms with Crippen molar-refractivity contribution < 1.29 is 4.74 Å². The van der Waals surface area contributed by atoms with Crippen LogP contribution in [0.5, 0.6) is 5.75 Å². The topological polar surface area (TPSA) is 47.0 Å². The quantitative estimate of drug-likeness (QED) is 0.876. The Morgan fingerprint density at radius 2 is 1.94 bits per heavy atom. The fourth-order valence-corrected chi connectivity index (χ4v) is 2.36. The van der Waals surface area contributed by atoms with Crippen molar-refractivity contribution in [2.24, 2.45) is 0 Å². The monoisotopic (exact) mass is 241 g/mol. The molecule has 0 bridgehead atoms. The van der Waals surface area contributed by atoms with E-state index in [-0.39, 0.29) is 0 Å². The van der Waals surface area contributed by atoms with E-state index in [1.54, 1.807) is 7.11 Å². The van der Waals surface area contributed by atoms with Gasteiger partial charge in [0.25, 0.3) is 0 Å². The highest BCUT2D eigenvalue weighted by atomic mass is 16.5. The second-order valence-electron chi connectivity index (χ2n) is 4.38. The molecular weight excluding hydrogens is 226 g/mol. The summed E-state index contributed by atoms with van der Waals surface area (Å²) in [7, 11) is 3.54. The van der Waals surface area contributed by atoms with Crippen LogP contribution in [0.4, 0.5) is 5.82 Å². The Labute approximate surface area is 106 Å². The van der Waals surface area contributed by atoms with Crippen LogP contribution in [0.1, 0.15) is 11.1 Å². The molecule has 0 radical (unpaired) electrons. The molecule has 1 aliphatic rings. The zero-order chi connectivity index (χ0) is 12.5. The highest BCUT2D eigenvalue weighted by Gasteiger charge is 2.19. The lowest BCUT2D eigenvalue weighted by atomic mass is 9.89. The van der Waals surface area contributed by atoms with E-state index < -0.39 is 0 Å². The van der Waals surface area contributed by atoms with Gasteiger partial charge < -0.3 is 10.1 Å². The number of rotatable bonds is 2. The molecule has 0 aliphatic heterocycles. The lowest BCUT2D eigenvalue weighted by molar-refractivity contribution is 0.415. The SMILES string of the molecule is CNc1cc2c(nn1)-c1cc(OC)ccc1CC2. The molecule has 1 heterocycles. The number of ether oxygens (including phenoxy) is 1. The van der Waals surface area contributed by atoms with Crippen molar-refractivity contribution in [3.63, 3.8) is 0 Å². The van der Waals surface area contributed by atoms with Gasteiger partial charge in [-0.1, -0.05) is 6.07 Å². The predicted octanol–water partition coefficient (Wildman–Crippen LogP) is 2.29. The van der Waals surface area contributed by atoms with Crippen LogP contribution in [0.2, 0.25) is 0 Å². The van der Waals surface area contributed by atoms with Gasteiger partial charge in [-0.25, -0.2) is 0 Å². The van der Waals surface area contributed by atoms with Crippen LogP contribution in [0.25, 0.3) is 11.3 Å². The van der Waals surface area contributed by atoms with E-state index in [1.165, 1.54) is 11.1 Å². The highest BCUT2D eigenvalue weighted by molar-refractivity contribution is 5.71. The normalized spacial score (nSPS) is 12.6. The van der Waals surface area contributed by atoms with Crippen molar-refractivity contribution >= 4 is 5.82 Å². The van der Waals surface area contributed by atoms with E-state index >= 15 is 0 Å². The molecule has 1 aliphatic carbocycles. The van der Waals surface area contributed by atoms with Crippen molar-refractivity contribution in [2.75, 3.05) is 19.5 Å². The lowest BCUT2D eigenvalue weighted by Gasteiger charge is -2.19. The summed E-state index contributed by atoms with van der Waals surface area (Å²) in [4.78, 5) is 0. The summed E-state index contributed by atoms with van der Waals surface area (Å²) in [6, 6.07) is 8.23. The van der Waals surface area contributed by atoms with Crippen molar-refractivity contribution in [2.45, 2.75) is 12.8 Å². The van der Waals surface area contributed by atoms with Gasteiger partial charge in [-0.2, -0.15) is 0 Å². The second kappa shape index (κ2) is 4.29. The van der Waals surface area contributed by atoms with Gasteiger partial charge >= 0.3 is 0 Å². The molecule has 0 amide bonds. The lowest BCUT2D eigenvalue weighted by Crippen LogP contribution is -2.08. The van der Waals surface area contributed by atoms with Crippen molar-refractivity contribution in [3.8, 4) is 17.0 Å². The van der Waals surface area contributed by atoms with E-state index in [0.29, 0.717) is 0 Å². The van der Waals surface area contributed by atoms with E-state index in [1.807, 2.05) is 19.2 Å². The van der Waals surface area contributed by atoms with E-state index in [4.69, 9.17) is 4.74 Å². The molecule has 18 heavy (non-hydrogen) atoms. The number of hydrogen-bond donors (Lipinski definition) is 1. The Bertz CT molecular complexity index is 596. The predicted molar refractivity (Wildman–Crippen MR) is 71.0 cm³/mol. The summed E-state index contributed by atoms with van der Waals surface area (Å²) in [6.07, 6.45) is 2.06. The summed E-state index contributed by atoms with van der Waals surface area (Å²) in [5.74, 6) is 1.68. The van der Waals surface area contributed by atoms with Crippen LogP contribution in [-0.4, -0.2) is 24.4 Å². The first-order valence-electron chi connectivity index (χ1n) is 6.03. The fraction of sp³-hybridized carbons (Fsp3) is 0.286. The smallest absolute Gasteiger partial charge is 0.148 e. The number of fused-ring (bicyclic) bond motifs is 3. The van der Waals surface area contributed by atoms with E-state index in [9.17, 15) is 0 Å². The zero-order valence-electron chi connectivity index (χ0n) is 10.5. The van der Waals surface area contributed by atoms with Gasteiger partial charge in [0, 0.05) is 12.6 Å². The first-order chi connectivity index (χ1) is 8.81. The Balaban J connectivity index is 2.15. The first-order valence-corrected chi connectivity index (χ1v) is 6.03. The number of aryl methyl sites for hydroxylation is 2. The molecule has 2 aromatic rings. The Morgan fingerprint density at radius 3 is 2.72 bits per heavy atom. The molecule has 1 aromatic heterocycles. The minimum atomic E-state index is 0.820. The van der Waals surface area contributed by atoms with E-state index in [2.05, 4.69) is 27.6 Å². The summed E-state index contributed by atoms with van der Waals surface area (Å²) in [5.41, 5.74) is 4.69. The number of nitrogens with zero attached hydrogens (tertiary/aromatic N) is 2. The third kappa shape index (κ3) is 1.70. The Kier molecular flexibility index (Phi) is 2.63. The van der Waals surface area contributed by atoms with Gasteiger partial charge in [0.2, 0.25) is 0 Å². The highest BCUT2D eigenvalue weighted by Crippen LogP contribution is 2.34. The number of aromatic nitrogens is 2. The largest absolute Gasteiger partial charge is 0.497 e. The van der Waals surface area contributed by atoms with Crippen molar-refractivity contribution in [3.05, 3.63) is 35.4 Å².